The number of nitrogens with one attached hydrogen (secondary N) is 1. The highest BCUT2D eigenvalue weighted by atomic mass is 35.5. The third-order valence-electron chi connectivity index (χ3n) is 4.40. The van der Waals surface area contributed by atoms with Crippen LogP contribution in [0.1, 0.15) is 36.1 Å². The highest BCUT2D eigenvalue weighted by Gasteiger charge is 2.26. The first-order valence-electron chi connectivity index (χ1n) is 9.19. The van der Waals surface area contributed by atoms with Crippen molar-refractivity contribution >= 4 is 23.4 Å². The zero-order chi connectivity index (χ0) is 20.0. The predicted octanol–water partition coefficient (Wildman–Crippen LogP) is 4.05. The molecule has 1 atom stereocenters. The molecule has 0 radical (unpaired) electrons. The zero-order valence-corrected chi connectivity index (χ0v) is 17.1. The van der Waals surface area contributed by atoms with E-state index in [2.05, 4.69) is 11.4 Å². The summed E-state index contributed by atoms with van der Waals surface area (Å²) in [5.74, 6) is -0.243. The number of nitrogens with zero attached hydrogens (tertiary/aromatic N) is 1. The molecule has 27 heavy (non-hydrogen) atoms. The van der Waals surface area contributed by atoms with Crippen LogP contribution in [0.2, 0.25) is 5.02 Å². The van der Waals surface area contributed by atoms with Crippen LogP contribution in [0.15, 0.2) is 42.5 Å². The molecule has 2 rings (SSSR count). The Hall–Kier alpha value is -2.33. The third kappa shape index (κ3) is 6.10. The molecule has 0 bridgehead atoms. The average Bonchev–Trinajstić information content (AvgIpc) is 2.58. The van der Waals surface area contributed by atoms with Crippen LogP contribution < -0.4 is 5.32 Å². The van der Waals surface area contributed by atoms with Crippen LogP contribution in [0.25, 0.3) is 0 Å². The molecular formula is C22H27ClN2O2. The van der Waals surface area contributed by atoms with E-state index in [0.29, 0.717) is 18.1 Å². The molecule has 1 unspecified atom stereocenters. The summed E-state index contributed by atoms with van der Waals surface area (Å²) < 4.78 is 0. The number of benzene rings is 2. The second-order valence-corrected chi connectivity index (χ2v) is 7.33. The lowest BCUT2D eigenvalue weighted by molar-refractivity contribution is -0.140. The van der Waals surface area contributed by atoms with Gasteiger partial charge in [0.15, 0.2) is 0 Å². The molecule has 0 fully saturated rings. The van der Waals surface area contributed by atoms with E-state index >= 15 is 0 Å². The molecule has 1 N–H and O–H groups in total. The van der Waals surface area contributed by atoms with E-state index in [4.69, 9.17) is 11.6 Å². The molecule has 4 nitrogen and oxygen atoms in total. The molecule has 144 valence electrons. The molecule has 0 heterocycles. The van der Waals surface area contributed by atoms with Gasteiger partial charge in [0.25, 0.3) is 0 Å². The van der Waals surface area contributed by atoms with Gasteiger partial charge in [-0.3, -0.25) is 9.59 Å². The fourth-order valence-electron chi connectivity index (χ4n) is 3.18. The Balaban J connectivity index is 2.26. The lowest BCUT2D eigenvalue weighted by Crippen LogP contribution is -2.48. The van der Waals surface area contributed by atoms with E-state index < -0.39 is 6.04 Å². The van der Waals surface area contributed by atoms with Gasteiger partial charge in [-0.2, -0.15) is 0 Å². The molecule has 2 aromatic carbocycles. The van der Waals surface area contributed by atoms with E-state index in [9.17, 15) is 9.59 Å². The van der Waals surface area contributed by atoms with Gasteiger partial charge in [-0.25, -0.2) is 0 Å². The fraction of sp³-hybridized carbons (Fsp3) is 0.364. The van der Waals surface area contributed by atoms with Gasteiger partial charge in [-0.1, -0.05) is 53.1 Å². The number of hydrogen-bond donors (Lipinski definition) is 1. The summed E-state index contributed by atoms with van der Waals surface area (Å²) in [6.45, 7) is 8.52. The molecule has 0 saturated heterocycles. The number of halogens is 1. The first kappa shape index (κ1) is 21.0. The van der Waals surface area contributed by atoms with Crippen LogP contribution in [0.3, 0.4) is 0 Å². The van der Waals surface area contributed by atoms with Crippen LogP contribution in [0.5, 0.6) is 0 Å². The molecule has 2 aromatic rings. The molecule has 0 saturated carbocycles. The smallest absolute Gasteiger partial charge is 0.242 e. The molecule has 2 amide bonds. The quantitative estimate of drug-likeness (QED) is 0.780. The number of carbonyl (C=O) groups is 2. The minimum Gasteiger partial charge on any atom is -0.355 e. The van der Waals surface area contributed by atoms with Crippen molar-refractivity contribution in [2.24, 2.45) is 0 Å². The Morgan fingerprint density at radius 2 is 1.74 bits per heavy atom. The van der Waals surface area contributed by atoms with Crippen molar-refractivity contribution in [3.8, 4) is 0 Å². The van der Waals surface area contributed by atoms with E-state index in [0.717, 1.165) is 22.3 Å². The first-order valence-corrected chi connectivity index (χ1v) is 9.56. The molecule has 0 aromatic heterocycles. The number of amides is 2. The van der Waals surface area contributed by atoms with Crippen molar-refractivity contribution in [1.29, 1.82) is 0 Å². The minimum atomic E-state index is -0.567. The Kier molecular flexibility index (Phi) is 7.43. The summed E-state index contributed by atoms with van der Waals surface area (Å²) in [5.41, 5.74) is 4.09. The second-order valence-electron chi connectivity index (χ2n) is 6.89. The van der Waals surface area contributed by atoms with Gasteiger partial charge in [0.1, 0.15) is 6.04 Å². The average molecular weight is 387 g/mol. The zero-order valence-electron chi connectivity index (χ0n) is 16.4. The summed E-state index contributed by atoms with van der Waals surface area (Å²) in [6, 6.07) is 12.9. The molecular weight excluding hydrogens is 360 g/mol. The molecule has 5 heteroatoms. The molecule has 0 aliphatic rings. The summed E-state index contributed by atoms with van der Waals surface area (Å²) in [5, 5.41) is 3.41. The number of carbonyl (C=O) groups excluding carboxylic acids is 2. The van der Waals surface area contributed by atoms with Gasteiger partial charge in [-0.15, -0.1) is 0 Å². The van der Waals surface area contributed by atoms with Crippen molar-refractivity contribution in [1.82, 2.24) is 10.2 Å². The Bertz CT molecular complexity index is 799. The Morgan fingerprint density at radius 1 is 1.07 bits per heavy atom. The maximum absolute atomic E-state index is 13.1. The predicted molar refractivity (Wildman–Crippen MR) is 110 cm³/mol. The van der Waals surface area contributed by atoms with Crippen molar-refractivity contribution in [3.63, 3.8) is 0 Å². The van der Waals surface area contributed by atoms with Gasteiger partial charge in [-0.05, 0) is 51.0 Å². The molecule has 0 aliphatic carbocycles. The van der Waals surface area contributed by atoms with Gasteiger partial charge >= 0.3 is 0 Å². The Morgan fingerprint density at radius 3 is 2.33 bits per heavy atom. The largest absolute Gasteiger partial charge is 0.355 e. The standard InChI is InChI=1S/C22H27ClN2O2/c1-5-24-22(27)17(4)25(14-18-7-6-8-20(23)12-18)21(26)13-19-10-15(2)9-16(3)11-19/h6-12,17H,5,13-14H2,1-4H3,(H,24,27). The van der Waals surface area contributed by atoms with E-state index in [1.807, 2.05) is 51.1 Å². The second kappa shape index (κ2) is 9.56. The summed E-state index contributed by atoms with van der Waals surface area (Å²) >= 11 is 6.08. The number of rotatable bonds is 7. The maximum Gasteiger partial charge on any atom is 0.242 e. The van der Waals surface area contributed by atoms with Crippen molar-refractivity contribution < 1.29 is 9.59 Å². The highest BCUT2D eigenvalue weighted by molar-refractivity contribution is 6.30. The van der Waals surface area contributed by atoms with E-state index in [1.165, 1.54) is 0 Å². The van der Waals surface area contributed by atoms with Crippen molar-refractivity contribution in [2.75, 3.05) is 6.54 Å². The van der Waals surface area contributed by atoms with Gasteiger partial charge in [0, 0.05) is 18.1 Å². The van der Waals surface area contributed by atoms with E-state index in [1.54, 1.807) is 17.9 Å². The van der Waals surface area contributed by atoms with E-state index in [-0.39, 0.29) is 18.2 Å². The summed E-state index contributed by atoms with van der Waals surface area (Å²) in [7, 11) is 0. The normalized spacial score (nSPS) is 11.7. The monoisotopic (exact) mass is 386 g/mol. The lowest BCUT2D eigenvalue weighted by Gasteiger charge is -2.29. The highest BCUT2D eigenvalue weighted by Crippen LogP contribution is 2.17. The minimum absolute atomic E-state index is 0.0845. The maximum atomic E-state index is 13.1. The van der Waals surface area contributed by atoms with Crippen molar-refractivity contribution in [2.45, 2.75) is 46.7 Å². The van der Waals surface area contributed by atoms with Crippen LogP contribution in [-0.4, -0.2) is 29.3 Å². The van der Waals surface area contributed by atoms with Crippen LogP contribution in [0.4, 0.5) is 0 Å². The topological polar surface area (TPSA) is 49.4 Å². The first-order chi connectivity index (χ1) is 12.8. The molecule has 0 aliphatic heterocycles. The van der Waals surface area contributed by atoms with Gasteiger partial charge in [0.05, 0.1) is 6.42 Å². The van der Waals surface area contributed by atoms with Crippen LogP contribution in [-0.2, 0) is 22.6 Å². The van der Waals surface area contributed by atoms with Crippen LogP contribution >= 0.6 is 11.6 Å². The number of aryl methyl sites for hydroxylation is 2. The molecule has 0 spiro atoms. The van der Waals surface area contributed by atoms with Crippen molar-refractivity contribution in [3.05, 3.63) is 69.7 Å². The number of likely N-dealkylation sites (N-methyl/N-ethyl adjacent to an activating group) is 1. The summed E-state index contributed by atoms with van der Waals surface area (Å²) in [6.07, 6.45) is 0.257. The SMILES string of the molecule is CCNC(=O)C(C)N(Cc1cccc(Cl)c1)C(=O)Cc1cc(C)cc(C)c1. The van der Waals surface area contributed by atoms with Crippen LogP contribution in [0, 0.1) is 13.8 Å². The van der Waals surface area contributed by atoms with Gasteiger partial charge < -0.3 is 10.2 Å². The third-order valence-corrected chi connectivity index (χ3v) is 4.63. The number of hydrogen-bond acceptors (Lipinski definition) is 2. The Labute approximate surface area is 166 Å². The van der Waals surface area contributed by atoms with Gasteiger partial charge in [0.2, 0.25) is 11.8 Å². The lowest BCUT2D eigenvalue weighted by atomic mass is 10.0. The summed E-state index contributed by atoms with van der Waals surface area (Å²) in [4.78, 5) is 27.1. The fourth-order valence-corrected chi connectivity index (χ4v) is 3.40.